The predicted octanol–water partition coefficient (Wildman–Crippen LogP) is 5.86. The molecule has 0 radical (unpaired) electrons. The Morgan fingerprint density at radius 2 is 1.79 bits per heavy atom. The molecular formula is C19H10ClF3N4O5S2. The van der Waals surface area contributed by atoms with Gasteiger partial charge in [-0.25, -0.2) is 8.42 Å². The van der Waals surface area contributed by atoms with Gasteiger partial charge in [0.2, 0.25) is 0 Å². The van der Waals surface area contributed by atoms with Crippen molar-refractivity contribution >= 4 is 55.8 Å². The first-order chi connectivity index (χ1) is 16.0. The lowest BCUT2D eigenvalue weighted by molar-refractivity contribution is -0.385. The molecule has 0 spiro atoms. The van der Waals surface area contributed by atoms with Crippen molar-refractivity contribution in [3.05, 3.63) is 75.3 Å². The smallest absolute Gasteiger partial charge is 0.420 e. The lowest BCUT2D eigenvalue weighted by Crippen LogP contribution is -2.13. The molecule has 0 aliphatic rings. The van der Waals surface area contributed by atoms with Crippen LogP contribution in [0.5, 0.6) is 11.5 Å². The van der Waals surface area contributed by atoms with Crippen LogP contribution in [0.4, 0.5) is 24.5 Å². The molecule has 0 aliphatic heterocycles. The second-order valence-corrected chi connectivity index (χ2v) is 9.29. The highest BCUT2D eigenvalue weighted by molar-refractivity contribution is 7.92. The number of fused-ring (bicyclic) bond motifs is 1. The fourth-order valence-corrected chi connectivity index (χ4v) is 4.81. The van der Waals surface area contributed by atoms with E-state index in [9.17, 15) is 31.7 Å². The fraction of sp³-hybridized carbons (Fsp3) is 0.0526. The summed E-state index contributed by atoms with van der Waals surface area (Å²) in [4.78, 5) is 9.57. The van der Waals surface area contributed by atoms with Crippen molar-refractivity contribution in [1.82, 2.24) is 8.75 Å². The summed E-state index contributed by atoms with van der Waals surface area (Å²) in [6.45, 7) is 0. The molecule has 0 amide bonds. The maximum atomic E-state index is 13.4. The monoisotopic (exact) mass is 530 g/mol. The van der Waals surface area contributed by atoms with Gasteiger partial charge in [-0.2, -0.15) is 21.9 Å². The summed E-state index contributed by atoms with van der Waals surface area (Å²) >= 11 is 7.00. The summed E-state index contributed by atoms with van der Waals surface area (Å²) in [6.07, 6.45) is -4.95. The molecule has 0 fully saturated rings. The van der Waals surface area contributed by atoms with Crippen molar-refractivity contribution in [2.75, 3.05) is 4.72 Å². The Labute approximate surface area is 198 Å². The molecule has 0 unspecified atom stereocenters. The number of hydrogen-bond acceptors (Lipinski definition) is 8. The largest absolute Gasteiger partial charge is 0.455 e. The topological polar surface area (TPSA) is 124 Å². The van der Waals surface area contributed by atoms with E-state index in [0.29, 0.717) is 17.1 Å². The van der Waals surface area contributed by atoms with Gasteiger partial charge in [0.1, 0.15) is 28.1 Å². The Morgan fingerprint density at radius 3 is 2.47 bits per heavy atom. The Bertz CT molecular complexity index is 1530. The number of non-ortho nitro benzene ring substituents is 1. The number of nitro groups is 1. The Kier molecular flexibility index (Phi) is 6.05. The van der Waals surface area contributed by atoms with Crippen molar-refractivity contribution in [3.8, 4) is 11.5 Å². The van der Waals surface area contributed by atoms with E-state index in [-0.39, 0.29) is 21.4 Å². The zero-order valence-electron chi connectivity index (χ0n) is 16.4. The number of nitro benzene ring substituents is 1. The number of nitrogens with one attached hydrogen (secondary N) is 1. The molecule has 1 heterocycles. The van der Waals surface area contributed by atoms with Gasteiger partial charge in [0, 0.05) is 12.1 Å². The average molecular weight is 531 g/mol. The fourth-order valence-electron chi connectivity index (χ4n) is 2.88. The zero-order valence-corrected chi connectivity index (χ0v) is 18.8. The van der Waals surface area contributed by atoms with E-state index in [1.807, 2.05) is 0 Å². The van der Waals surface area contributed by atoms with Crippen molar-refractivity contribution in [1.29, 1.82) is 0 Å². The summed E-state index contributed by atoms with van der Waals surface area (Å²) in [7, 11) is -4.15. The van der Waals surface area contributed by atoms with E-state index in [2.05, 4.69) is 13.5 Å². The SMILES string of the molecule is O=[N+]([O-])c1ccc(Oc2ccc(S(=O)(=O)Nc3cccc4nsnc34)cc2Cl)c(C(F)(F)F)c1. The zero-order chi connectivity index (χ0) is 24.7. The second kappa shape index (κ2) is 8.70. The summed E-state index contributed by atoms with van der Waals surface area (Å²) in [5.41, 5.74) is -1.14. The van der Waals surface area contributed by atoms with Crippen molar-refractivity contribution in [2.45, 2.75) is 11.1 Å². The maximum Gasteiger partial charge on any atom is 0.420 e. The van der Waals surface area contributed by atoms with Crippen LogP contribution in [0.15, 0.2) is 59.5 Å². The number of rotatable bonds is 6. The maximum absolute atomic E-state index is 13.4. The molecule has 1 N–H and O–H groups in total. The van der Waals surface area contributed by atoms with Crippen LogP contribution in [0.2, 0.25) is 5.02 Å². The summed E-state index contributed by atoms with van der Waals surface area (Å²) < 4.78 is 81.4. The third-order valence-electron chi connectivity index (χ3n) is 4.44. The van der Waals surface area contributed by atoms with Crippen molar-refractivity contribution < 1.29 is 31.2 Å². The van der Waals surface area contributed by atoms with Gasteiger partial charge in [0.25, 0.3) is 15.7 Å². The first kappa shape index (κ1) is 23.7. The van der Waals surface area contributed by atoms with Crippen LogP contribution in [-0.4, -0.2) is 22.1 Å². The van der Waals surface area contributed by atoms with E-state index in [1.165, 1.54) is 6.07 Å². The van der Waals surface area contributed by atoms with E-state index in [1.54, 1.807) is 12.1 Å². The van der Waals surface area contributed by atoms with Gasteiger partial charge in [-0.1, -0.05) is 17.7 Å². The highest BCUT2D eigenvalue weighted by atomic mass is 35.5. The average Bonchev–Trinajstić information content (AvgIpc) is 3.24. The molecule has 0 saturated carbocycles. The predicted molar refractivity (Wildman–Crippen MR) is 118 cm³/mol. The van der Waals surface area contributed by atoms with Crippen LogP contribution in [0.25, 0.3) is 11.0 Å². The minimum atomic E-state index is -4.95. The number of nitrogens with zero attached hydrogens (tertiary/aromatic N) is 3. The van der Waals surface area contributed by atoms with Crippen LogP contribution in [-0.2, 0) is 16.2 Å². The first-order valence-electron chi connectivity index (χ1n) is 9.03. The molecule has 0 saturated heterocycles. The molecule has 0 atom stereocenters. The Morgan fingerprint density at radius 1 is 1.06 bits per heavy atom. The number of aromatic nitrogens is 2. The van der Waals surface area contributed by atoms with E-state index in [4.69, 9.17) is 16.3 Å². The van der Waals surface area contributed by atoms with Gasteiger partial charge in [-0.15, -0.1) is 0 Å². The molecule has 34 heavy (non-hydrogen) atoms. The number of ether oxygens (including phenoxy) is 1. The second-order valence-electron chi connectivity index (χ2n) is 6.67. The van der Waals surface area contributed by atoms with E-state index < -0.39 is 38.1 Å². The molecule has 176 valence electrons. The normalized spacial score (nSPS) is 12.0. The van der Waals surface area contributed by atoms with Gasteiger partial charge >= 0.3 is 6.18 Å². The minimum Gasteiger partial charge on any atom is -0.455 e. The van der Waals surface area contributed by atoms with Gasteiger partial charge in [0.05, 0.1) is 32.3 Å². The molecule has 9 nitrogen and oxygen atoms in total. The summed E-state index contributed by atoms with van der Waals surface area (Å²) in [5, 5.41) is 10.5. The van der Waals surface area contributed by atoms with Crippen LogP contribution in [0.1, 0.15) is 5.56 Å². The number of halogens is 4. The van der Waals surface area contributed by atoms with Crippen molar-refractivity contribution in [3.63, 3.8) is 0 Å². The lowest BCUT2D eigenvalue weighted by atomic mass is 10.1. The minimum absolute atomic E-state index is 0.184. The summed E-state index contributed by atoms with van der Waals surface area (Å²) in [5.74, 6) is -1.03. The number of sulfonamides is 1. The number of benzene rings is 3. The van der Waals surface area contributed by atoms with Gasteiger partial charge in [0.15, 0.2) is 0 Å². The highest BCUT2D eigenvalue weighted by Gasteiger charge is 2.36. The number of alkyl halides is 3. The van der Waals surface area contributed by atoms with Crippen LogP contribution in [0, 0.1) is 10.1 Å². The summed E-state index contributed by atoms with van der Waals surface area (Å²) in [6, 6.07) is 9.86. The van der Waals surface area contributed by atoms with Crippen molar-refractivity contribution in [2.24, 2.45) is 0 Å². The third kappa shape index (κ3) is 4.73. The van der Waals surface area contributed by atoms with Gasteiger partial charge in [-0.3, -0.25) is 14.8 Å². The lowest BCUT2D eigenvalue weighted by Gasteiger charge is -2.15. The Balaban J connectivity index is 1.64. The molecular weight excluding hydrogens is 521 g/mol. The molecule has 0 aliphatic carbocycles. The highest BCUT2D eigenvalue weighted by Crippen LogP contribution is 2.41. The van der Waals surface area contributed by atoms with Gasteiger partial charge < -0.3 is 4.74 Å². The van der Waals surface area contributed by atoms with E-state index >= 15 is 0 Å². The van der Waals surface area contributed by atoms with Gasteiger partial charge in [-0.05, 0) is 36.4 Å². The Hall–Kier alpha value is -3.49. The molecule has 0 bridgehead atoms. The third-order valence-corrected chi connectivity index (χ3v) is 6.64. The molecule has 4 aromatic rings. The molecule has 15 heteroatoms. The molecule has 1 aromatic heterocycles. The number of hydrogen-bond donors (Lipinski definition) is 1. The van der Waals surface area contributed by atoms with Crippen LogP contribution in [0.3, 0.4) is 0 Å². The molecule has 4 rings (SSSR count). The first-order valence-corrected chi connectivity index (χ1v) is 11.6. The van der Waals surface area contributed by atoms with Crippen LogP contribution < -0.4 is 9.46 Å². The van der Waals surface area contributed by atoms with E-state index in [0.717, 1.165) is 42.1 Å². The standard InChI is InChI=1S/C19H10ClF3N4O5S2/c20-13-9-11(34(30,31)26-15-3-1-2-14-18(15)25-33-24-14)5-7-17(13)32-16-6-4-10(27(28)29)8-12(16)19(21,22)23/h1-9,26H. The quantitative estimate of drug-likeness (QED) is 0.244. The number of anilines is 1. The van der Waals surface area contributed by atoms with Crippen LogP contribution >= 0.6 is 23.3 Å². The molecule has 3 aromatic carbocycles.